The molecule has 86 valence electrons. The average Bonchev–Trinajstić information content (AvgIpc) is 2.58. The van der Waals surface area contributed by atoms with Crippen LogP contribution in [0.2, 0.25) is 0 Å². The van der Waals surface area contributed by atoms with Gasteiger partial charge in [-0.05, 0) is 56.3 Å². The third-order valence-corrected chi connectivity index (χ3v) is 4.45. The molecule has 0 atom stereocenters. The molecule has 1 heterocycles. The number of hydrogen-bond acceptors (Lipinski definition) is 1. The number of nitrogens with zero attached hydrogens (tertiary/aromatic N) is 2. The zero-order valence-corrected chi connectivity index (χ0v) is 12.5. The van der Waals surface area contributed by atoms with E-state index in [0.717, 1.165) is 26.9 Å². The van der Waals surface area contributed by atoms with Crippen LogP contribution in [0.25, 0.3) is 11.0 Å². The van der Waals surface area contributed by atoms with E-state index in [0.29, 0.717) is 0 Å². The number of hydrogen-bond donors (Lipinski definition) is 0. The Kier molecular flexibility index (Phi) is 3.70. The van der Waals surface area contributed by atoms with Crippen molar-refractivity contribution in [1.29, 1.82) is 0 Å². The van der Waals surface area contributed by atoms with Gasteiger partial charge >= 0.3 is 0 Å². The number of fused-ring (bicyclic) bond motifs is 1. The number of aryl methyl sites for hydroxylation is 1. The second kappa shape index (κ2) is 4.88. The van der Waals surface area contributed by atoms with Crippen LogP contribution in [0.15, 0.2) is 27.4 Å². The molecule has 0 saturated heterocycles. The smallest absolute Gasteiger partial charge is 0.0958 e. The zero-order chi connectivity index (χ0) is 11.7. The number of aromatic nitrogens is 2. The van der Waals surface area contributed by atoms with Gasteiger partial charge in [-0.1, -0.05) is 13.8 Å². The number of rotatable bonds is 3. The highest BCUT2D eigenvalue weighted by atomic mass is 79.9. The minimum Gasteiger partial charge on any atom is -0.331 e. The maximum absolute atomic E-state index is 4.41. The zero-order valence-electron chi connectivity index (χ0n) is 9.37. The van der Waals surface area contributed by atoms with Gasteiger partial charge in [0.15, 0.2) is 0 Å². The normalized spacial score (nSPS) is 11.6. The highest BCUT2D eigenvalue weighted by Gasteiger charge is 2.06. The summed E-state index contributed by atoms with van der Waals surface area (Å²) in [6.45, 7) is 5.51. The fourth-order valence-corrected chi connectivity index (χ4v) is 2.29. The molecular formula is C12H14Br2N2. The molecule has 1 aromatic heterocycles. The molecule has 1 aromatic carbocycles. The quantitative estimate of drug-likeness (QED) is 0.794. The van der Waals surface area contributed by atoms with Crippen LogP contribution in [0.4, 0.5) is 0 Å². The molecule has 0 saturated carbocycles. The molecule has 2 nitrogen and oxygen atoms in total. The van der Waals surface area contributed by atoms with Crippen molar-refractivity contribution in [3.05, 3.63) is 27.4 Å². The molecule has 2 rings (SSSR count). The van der Waals surface area contributed by atoms with Gasteiger partial charge in [-0.2, -0.15) is 0 Å². The van der Waals surface area contributed by atoms with Gasteiger partial charge in [-0.15, -0.1) is 0 Å². The molecule has 0 radical (unpaired) electrons. The van der Waals surface area contributed by atoms with Crippen LogP contribution in [-0.2, 0) is 6.54 Å². The minimum atomic E-state index is 0.719. The Morgan fingerprint density at radius 3 is 2.62 bits per heavy atom. The number of imidazole rings is 1. The van der Waals surface area contributed by atoms with Crippen molar-refractivity contribution >= 4 is 42.9 Å². The predicted octanol–water partition coefficient (Wildman–Crippen LogP) is 4.61. The van der Waals surface area contributed by atoms with Crippen molar-refractivity contribution < 1.29 is 0 Å². The minimum absolute atomic E-state index is 0.719. The van der Waals surface area contributed by atoms with Crippen LogP contribution >= 0.6 is 31.9 Å². The van der Waals surface area contributed by atoms with Gasteiger partial charge < -0.3 is 4.57 Å². The predicted molar refractivity (Wildman–Crippen MR) is 74.6 cm³/mol. The maximum atomic E-state index is 4.41. The van der Waals surface area contributed by atoms with Gasteiger partial charge in [0.05, 0.1) is 17.4 Å². The van der Waals surface area contributed by atoms with Crippen LogP contribution in [0.3, 0.4) is 0 Å². The van der Waals surface area contributed by atoms with Gasteiger partial charge in [0.25, 0.3) is 0 Å². The molecule has 0 unspecified atom stereocenters. The van der Waals surface area contributed by atoms with Gasteiger partial charge in [0.1, 0.15) is 0 Å². The highest BCUT2D eigenvalue weighted by molar-refractivity contribution is 9.13. The molecule has 0 aliphatic heterocycles. The third-order valence-electron chi connectivity index (χ3n) is 2.61. The van der Waals surface area contributed by atoms with Crippen molar-refractivity contribution in [2.24, 2.45) is 5.92 Å². The monoisotopic (exact) mass is 344 g/mol. The summed E-state index contributed by atoms with van der Waals surface area (Å²) in [4.78, 5) is 4.41. The SMILES string of the molecule is CC(C)CCn1cnc2cc(Br)c(Br)cc21. The van der Waals surface area contributed by atoms with E-state index in [1.165, 1.54) is 11.9 Å². The maximum Gasteiger partial charge on any atom is 0.0958 e. The number of benzene rings is 1. The van der Waals surface area contributed by atoms with E-state index in [-0.39, 0.29) is 0 Å². The second-order valence-corrected chi connectivity index (χ2v) is 6.08. The fourth-order valence-electron chi connectivity index (χ4n) is 1.63. The Morgan fingerprint density at radius 1 is 1.25 bits per heavy atom. The van der Waals surface area contributed by atoms with Crippen LogP contribution in [0.5, 0.6) is 0 Å². The van der Waals surface area contributed by atoms with Crippen LogP contribution in [-0.4, -0.2) is 9.55 Å². The van der Waals surface area contributed by atoms with Gasteiger partial charge in [0, 0.05) is 15.5 Å². The molecule has 0 fully saturated rings. The van der Waals surface area contributed by atoms with Crippen molar-refractivity contribution in [1.82, 2.24) is 9.55 Å². The van der Waals surface area contributed by atoms with Crippen molar-refractivity contribution in [2.75, 3.05) is 0 Å². The standard InChI is InChI=1S/C12H14Br2N2/c1-8(2)3-4-16-7-15-11-5-9(13)10(14)6-12(11)16/h5-8H,3-4H2,1-2H3. The largest absolute Gasteiger partial charge is 0.331 e. The summed E-state index contributed by atoms with van der Waals surface area (Å²) >= 11 is 7.02. The lowest BCUT2D eigenvalue weighted by Crippen LogP contribution is -1.99. The van der Waals surface area contributed by atoms with E-state index in [2.05, 4.69) is 61.3 Å². The summed E-state index contributed by atoms with van der Waals surface area (Å²) in [6, 6.07) is 4.16. The molecular weight excluding hydrogens is 332 g/mol. The van der Waals surface area contributed by atoms with Gasteiger partial charge in [-0.3, -0.25) is 0 Å². The van der Waals surface area contributed by atoms with E-state index >= 15 is 0 Å². The van der Waals surface area contributed by atoms with Crippen LogP contribution in [0, 0.1) is 5.92 Å². The lowest BCUT2D eigenvalue weighted by Gasteiger charge is -2.07. The molecule has 0 aliphatic rings. The third kappa shape index (κ3) is 2.48. The first-order chi connectivity index (χ1) is 7.58. The van der Waals surface area contributed by atoms with Crippen molar-refractivity contribution in [3.63, 3.8) is 0 Å². The second-order valence-electron chi connectivity index (χ2n) is 4.38. The summed E-state index contributed by atoms with van der Waals surface area (Å²) in [5.41, 5.74) is 2.23. The van der Waals surface area contributed by atoms with Gasteiger partial charge in [-0.25, -0.2) is 4.98 Å². The summed E-state index contributed by atoms with van der Waals surface area (Å²) in [7, 11) is 0. The van der Waals surface area contributed by atoms with Crippen molar-refractivity contribution in [3.8, 4) is 0 Å². The summed E-state index contributed by atoms with van der Waals surface area (Å²) < 4.78 is 4.34. The molecule has 2 aromatic rings. The Morgan fingerprint density at radius 2 is 1.94 bits per heavy atom. The van der Waals surface area contributed by atoms with Crippen LogP contribution in [0.1, 0.15) is 20.3 Å². The van der Waals surface area contributed by atoms with Crippen LogP contribution < -0.4 is 0 Å². The number of halogens is 2. The van der Waals surface area contributed by atoms with E-state index in [4.69, 9.17) is 0 Å². The van der Waals surface area contributed by atoms with E-state index in [1.807, 2.05) is 12.4 Å². The lowest BCUT2D eigenvalue weighted by atomic mass is 10.1. The molecule has 4 heteroatoms. The van der Waals surface area contributed by atoms with Gasteiger partial charge in [0.2, 0.25) is 0 Å². The van der Waals surface area contributed by atoms with E-state index in [9.17, 15) is 0 Å². The fraction of sp³-hybridized carbons (Fsp3) is 0.417. The molecule has 0 amide bonds. The first-order valence-electron chi connectivity index (χ1n) is 5.38. The lowest BCUT2D eigenvalue weighted by molar-refractivity contribution is 0.523. The molecule has 0 bridgehead atoms. The summed E-state index contributed by atoms with van der Waals surface area (Å²) in [5.74, 6) is 0.719. The molecule has 0 spiro atoms. The van der Waals surface area contributed by atoms with Crippen molar-refractivity contribution in [2.45, 2.75) is 26.8 Å². The Bertz CT molecular complexity index is 503. The molecule has 16 heavy (non-hydrogen) atoms. The Labute approximate surface area is 112 Å². The van der Waals surface area contributed by atoms with E-state index < -0.39 is 0 Å². The summed E-state index contributed by atoms with van der Waals surface area (Å²) in [5, 5.41) is 0. The Balaban J connectivity index is 2.36. The molecule has 0 N–H and O–H groups in total. The first-order valence-corrected chi connectivity index (χ1v) is 6.96. The highest BCUT2D eigenvalue weighted by Crippen LogP contribution is 2.28. The summed E-state index contributed by atoms with van der Waals surface area (Å²) in [6.07, 6.45) is 3.10. The molecule has 0 aliphatic carbocycles. The Hall–Kier alpha value is -0.350. The topological polar surface area (TPSA) is 17.8 Å². The first kappa shape index (κ1) is 12.1. The van der Waals surface area contributed by atoms with E-state index in [1.54, 1.807) is 0 Å². The average molecular weight is 346 g/mol.